The van der Waals surface area contributed by atoms with Crippen LogP contribution in [0.5, 0.6) is 5.75 Å². The van der Waals surface area contributed by atoms with Crippen LogP contribution in [0.4, 0.5) is 0 Å². The highest BCUT2D eigenvalue weighted by molar-refractivity contribution is 9.10. The summed E-state index contributed by atoms with van der Waals surface area (Å²) in [5.74, 6) is 0.0656. The number of hydrogen-bond acceptors (Lipinski definition) is 3. The van der Waals surface area contributed by atoms with Crippen LogP contribution >= 0.6 is 27.5 Å². The van der Waals surface area contributed by atoms with Crippen molar-refractivity contribution in [3.05, 3.63) is 63.1 Å². The number of carbonyl (C=O) groups is 2. The van der Waals surface area contributed by atoms with Crippen molar-refractivity contribution in [2.45, 2.75) is 26.4 Å². The molecule has 0 aliphatic rings. The Morgan fingerprint density at radius 2 is 2.00 bits per heavy atom. The standard InChI is InChI=1S/C20H22BrClN2O3/c1-13-9-17(7-8-18(13)21)27-12-19(25)24(14(2)20(26)23-3)11-15-5-4-6-16(22)10-15/h4-10,14H,11-12H2,1-3H3,(H,23,26). The molecule has 0 saturated carbocycles. The maximum Gasteiger partial charge on any atom is 0.261 e. The number of halogens is 2. The number of ether oxygens (including phenoxy) is 1. The number of nitrogens with one attached hydrogen (secondary N) is 1. The van der Waals surface area contributed by atoms with E-state index in [1.54, 1.807) is 32.2 Å². The Bertz CT molecular complexity index is 829. The van der Waals surface area contributed by atoms with Gasteiger partial charge >= 0.3 is 0 Å². The van der Waals surface area contributed by atoms with E-state index in [1.165, 1.54) is 4.90 Å². The molecule has 0 aliphatic carbocycles. The molecule has 0 aliphatic heterocycles. The molecular formula is C20H22BrClN2O3. The minimum absolute atomic E-state index is 0.164. The van der Waals surface area contributed by atoms with E-state index in [-0.39, 0.29) is 25.0 Å². The molecule has 0 bridgehead atoms. The molecule has 5 nitrogen and oxygen atoms in total. The molecule has 2 aromatic carbocycles. The summed E-state index contributed by atoms with van der Waals surface area (Å²) >= 11 is 9.47. The summed E-state index contributed by atoms with van der Waals surface area (Å²) in [6.07, 6.45) is 0. The molecule has 144 valence electrons. The number of benzene rings is 2. The summed E-state index contributed by atoms with van der Waals surface area (Å²) in [4.78, 5) is 26.4. The predicted octanol–water partition coefficient (Wildman–Crippen LogP) is 3.95. The first-order chi connectivity index (χ1) is 12.8. The van der Waals surface area contributed by atoms with Crippen LogP contribution in [-0.4, -0.2) is 36.4 Å². The molecule has 0 saturated heterocycles. The minimum atomic E-state index is -0.642. The molecule has 1 N–H and O–H groups in total. The van der Waals surface area contributed by atoms with Crippen molar-refractivity contribution in [3.8, 4) is 5.75 Å². The Kier molecular flexibility index (Phi) is 7.68. The van der Waals surface area contributed by atoms with Crippen molar-refractivity contribution in [1.82, 2.24) is 10.2 Å². The summed E-state index contributed by atoms with van der Waals surface area (Å²) < 4.78 is 6.61. The highest BCUT2D eigenvalue weighted by atomic mass is 79.9. The Balaban J connectivity index is 2.14. The van der Waals surface area contributed by atoms with Gasteiger partial charge in [0.25, 0.3) is 5.91 Å². The lowest BCUT2D eigenvalue weighted by Gasteiger charge is -2.28. The lowest BCUT2D eigenvalue weighted by molar-refractivity contribution is -0.142. The van der Waals surface area contributed by atoms with Crippen molar-refractivity contribution in [3.63, 3.8) is 0 Å². The quantitative estimate of drug-likeness (QED) is 0.690. The van der Waals surface area contributed by atoms with Gasteiger partial charge in [0, 0.05) is 23.1 Å². The number of amides is 2. The summed E-state index contributed by atoms with van der Waals surface area (Å²) in [5, 5.41) is 3.16. The fraction of sp³-hybridized carbons (Fsp3) is 0.300. The Morgan fingerprint density at radius 3 is 2.63 bits per heavy atom. The van der Waals surface area contributed by atoms with E-state index in [1.807, 2.05) is 31.2 Å². The Labute approximate surface area is 172 Å². The average molecular weight is 454 g/mol. The fourth-order valence-corrected chi connectivity index (χ4v) is 3.02. The van der Waals surface area contributed by atoms with Crippen molar-refractivity contribution in [1.29, 1.82) is 0 Å². The van der Waals surface area contributed by atoms with Crippen LogP contribution in [0, 0.1) is 6.92 Å². The number of carbonyl (C=O) groups excluding carboxylic acids is 2. The Morgan fingerprint density at radius 1 is 1.26 bits per heavy atom. The zero-order valence-electron chi connectivity index (χ0n) is 15.5. The van der Waals surface area contributed by atoms with E-state index in [9.17, 15) is 9.59 Å². The predicted molar refractivity (Wildman–Crippen MR) is 110 cm³/mol. The monoisotopic (exact) mass is 452 g/mol. The van der Waals surface area contributed by atoms with Crippen LogP contribution in [0.25, 0.3) is 0 Å². The van der Waals surface area contributed by atoms with Crippen LogP contribution in [0.1, 0.15) is 18.1 Å². The van der Waals surface area contributed by atoms with Crippen molar-refractivity contribution in [2.24, 2.45) is 0 Å². The highest BCUT2D eigenvalue weighted by Gasteiger charge is 2.26. The maximum atomic E-state index is 12.8. The first kappa shape index (κ1) is 21.3. The van der Waals surface area contributed by atoms with Gasteiger partial charge in [0.05, 0.1) is 0 Å². The van der Waals surface area contributed by atoms with Gasteiger partial charge in [0.15, 0.2) is 6.61 Å². The maximum absolute atomic E-state index is 12.8. The van der Waals surface area contributed by atoms with Crippen molar-refractivity contribution < 1.29 is 14.3 Å². The third-order valence-electron chi connectivity index (χ3n) is 4.15. The van der Waals surface area contributed by atoms with Crippen LogP contribution in [0.3, 0.4) is 0 Å². The highest BCUT2D eigenvalue weighted by Crippen LogP contribution is 2.22. The van der Waals surface area contributed by atoms with E-state index in [4.69, 9.17) is 16.3 Å². The van der Waals surface area contributed by atoms with E-state index in [0.29, 0.717) is 10.8 Å². The van der Waals surface area contributed by atoms with Crippen LogP contribution in [0.15, 0.2) is 46.9 Å². The molecule has 0 spiro atoms. The van der Waals surface area contributed by atoms with Gasteiger partial charge in [0.1, 0.15) is 11.8 Å². The van der Waals surface area contributed by atoms with Crippen molar-refractivity contribution >= 4 is 39.3 Å². The van der Waals surface area contributed by atoms with Gasteiger partial charge in [-0.15, -0.1) is 0 Å². The first-order valence-corrected chi connectivity index (χ1v) is 9.63. The third-order valence-corrected chi connectivity index (χ3v) is 5.27. The largest absolute Gasteiger partial charge is 0.484 e. The van der Waals surface area contributed by atoms with Gasteiger partial charge in [-0.1, -0.05) is 39.7 Å². The first-order valence-electron chi connectivity index (χ1n) is 8.46. The normalized spacial score (nSPS) is 11.6. The number of nitrogens with zero attached hydrogens (tertiary/aromatic N) is 1. The SMILES string of the molecule is CNC(=O)C(C)N(Cc1cccc(Cl)c1)C(=O)COc1ccc(Br)c(C)c1. The lowest BCUT2D eigenvalue weighted by atomic mass is 10.1. The number of likely N-dealkylation sites (N-methyl/N-ethyl adjacent to an activating group) is 1. The van der Waals surface area contributed by atoms with Gasteiger partial charge in [0.2, 0.25) is 5.91 Å². The average Bonchev–Trinajstić information content (AvgIpc) is 2.65. The molecule has 0 heterocycles. The lowest BCUT2D eigenvalue weighted by Crippen LogP contribution is -2.48. The van der Waals surface area contributed by atoms with E-state index >= 15 is 0 Å². The number of rotatable bonds is 7. The molecule has 0 fully saturated rings. The number of aryl methyl sites for hydroxylation is 1. The molecule has 1 atom stereocenters. The smallest absolute Gasteiger partial charge is 0.261 e. The van der Waals surface area contributed by atoms with Gasteiger partial charge in [-0.2, -0.15) is 0 Å². The minimum Gasteiger partial charge on any atom is -0.484 e. The molecule has 0 radical (unpaired) electrons. The summed E-state index contributed by atoms with van der Waals surface area (Å²) in [7, 11) is 1.54. The van der Waals surface area contributed by atoms with Crippen LogP contribution in [-0.2, 0) is 16.1 Å². The number of hydrogen-bond donors (Lipinski definition) is 1. The van der Waals surface area contributed by atoms with E-state index < -0.39 is 6.04 Å². The molecule has 27 heavy (non-hydrogen) atoms. The van der Waals surface area contributed by atoms with Gasteiger partial charge < -0.3 is 15.0 Å². The molecule has 2 aromatic rings. The van der Waals surface area contributed by atoms with Crippen LogP contribution in [0.2, 0.25) is 5.02 Å². The van der Waals surface area contributed by atoms with Gasteiger partial charge in [-0.3, -0.25) is 9.59 Å². The second-order valence-electron chi connectivity index (χ2n) is 6.14. The van der Waals surface area contributed by atoms with Gasteiger partial charge in [-0.25, -0.2) is 0 Å². The summed E-state index contributed by atoms with van der Waals surface area (Å²) in [5.41, 5.74) is 1.85. The van der Waals surface area contributed by atoms with E-state index in [2.05, 4.69) is 21.2 Å². The molecule has 0 aromatic heterocycles. The zero-order valence-corrected chi connectivity index (χ0v) is 17.8. The topological polar surface area (TPSA) is 58.6 Å². The second kappa shape index (κ2) is 9.76. The van der Waals surface area contributed by atoms with Crippen LogP contribution < -0.4 is 10.1 Å². The second-order valence-corrected chi connectivity index (χ2v) is 7.43. The molecule has 7 heteroatoms. The molecule has 2 rings (SSSR count). The summed E-state index contributed by atoms with van der Waals surface area (Å²) in [6, 6.07) is 12.1. The molecular weight excluding hydrogens is 432 g/mol. The molecule has 2 amide bonds. The summed E-state index contributed by atoms with van der Waals surface area (Å²) in [6.45, 7) is 3.72. The fourth-order valence-electron chi connectivity index (χ4n) is 2.56. The van der Waals surface area contributed by atoms with Gasteiger partial charge in [-0.05, 0) is 55.3 Å². The zero-order chi connectivity index (χ0) is 20.0. The third kappa shape index (κ3) is 5.97. The Hall–Kier alpha value is -2.05. The van der Waals surface area contributed by atoms with Crippen molar-refractivity contribution in [2.75, 3.05) is 13.7 Å². The van der Waals surface area contributed by atoms with E-state index in [0.717, 1.165) is 15.6 Å². The molecule has 1 unspecified atom stereocenters.